The van der Waals surface area contributed by atoms with Gasteiger partial charge < -0.3 is 0 Å². The van der Waals surface area contributed by atoms with Crippen LogP contribution in [0.1, 0.15) is 22.8 Å². The van der Waals surface area contributed by atoms with Crippen LogP contribution in [0.4, 0.5) is 0 Å². The first-order valence-electron chi connectivity index (χ1n) is 6.86. The Labute approximate surface area is 122 Å². The number of benzene rings is 1. The monoisotopic (exact) mass is 277 g/mol. The van der Waals surface area contributed by atoms with E-state index in [1.807, 2.05) is 43.3 Å². The summed E-state index contributed by atoms with van der Waals surface area (Å²) in [7, 11) is 0. The molecule has 0 saturated carbocycles. The number of rotatable bonds is 4. The van der Waals surface area contributed by atoms with Crippen LogP contribution in [0, 0.1) is 0 Å². The maximum atomic E-state index is 12.1. The molecule has 0 amide bonds. The van der Waals surface area contributed by atoms with Crippen LogP contribution in [0.5, 0.6) is 0 Å². The van der Waals surface area contributed by atoms with Gasteiger partial charge in [-0.2, -0.15) is 5.10 Å². The normalized spacial score (nSPS) is 11.3. The summed E-state index contributed by atoms with van der Waals surface area (Å²) in [4.78, 5) is 16.4. The summed E-state index contributed by atoms with van der Waals surface area (Å²) in [5.41, 5.74) is 2.51. The Kier molecular flexibility index (Phi) is 3.60. The second-order valence-electron chi connectivity index (χ2n) is 4.70. The molecule has 0 N–H and O–H groups in total. The number of hydrogen-bond donors (Lipinski definition) is 0. The first-order valence-corrected chi connectivity index (χ1v) is 6.86. The minimum Gasteiger partial charge on any atom is -0.289 e. The van der Waals surface area contributed by atoms with E-state index in [9.17, 15) is 4.79 Å². The van der Waals surface area contributed by atoms with Gasteiger partial charge in [0.2, 0.25) is 0 Å². The molecule has 3 rings (SSSR count). The van der Waals surface area contributed by atoms with E-state index in [0.29, 0.717) is 5.56 Å². The third-order valence-electron chi connectivity index (χ3n) is 3.34. The number of aromatic nitrogens is 3. The quantitative estimate of drug-likeness (QED) is 0.543. The van der Waals surface area contributed by atoms with Gasteiger partial charge in [0.1, 0.15) is 0 Å². The number of fused-ring (bicyclic) bond motifs is 1. The third kappa shape index (κ3) is 2.74. The van der Waals surface area contributed by atoms with Crippen LogP contribution in [0.15, 0.2) is 55.0 Å². The van der Waals surface area contributed by atoms with Crippen LogP contribution in [-0.4, -0.2) is 20.5 Å². The molecule has 0 radical (unpaired) electrons. The highest BCUT2D eigenvalue weighted by molar-refractivity contribution is 6.07. The molecule has 0 saturated heterocycles. The molecule has 4 heteroatoms. The van der Waals surface area contributed by atoms with E-state index in [-0.39, 0.29) is 5.78 Å². The molecule has 0 atom stereocenters. The van der Waals surface area contributed by atoms with Crippen molar-refractivity contribution in [2.75, 3.05) is 0 Å². The molecule has 4 nitrogen and oxygen atoms in total. The van der Waals surface area contributed by atoms with Gasteiger partial charge in [0.05, 0.1) is 17.3 Å². The lowest BCUT2D eigenvalue weighted by Crippen LogP contribution is -1.94. The van der Waals surface area contributed by atoms with Gasteiger partial charge in [-0.05, 0) is 30.7 Å². The van der Waals surface area contributed by atoms with E-state index in [4.69, 9.17) is 0 Å². The second kappa shape index (κ2) is 5.71. The summed E-state index contributed by atoms with van der Waals surface area (Å²) >= 11 is 0. The molecule has 2 aromatic heterocycles. The molecule has 3 aromatic rings. The number of pyridine rings is 1. The zero-order valence-electron chi connectivity index (χ0n) is 11.7. The van der Waals surface area contributed by atoms with Gasteiger partial charge in [0.15, 0.2) is 5.78 Å². The second-order valence-corrected chi connectivity index (χ2v) is 4.70. The van der Waals surface area contributed by atoms with Gasteiger partial charge in [-0.25, -0.2) is 0 Å². The maximum absolute atomic E-state index is 12.1. The van der Waals surface area contributed by atoms with E-state index in [0.717, 1.165) is 23.0 Å². The van der Waals surface area contributed by atoms with E-state index < -0.39 is 0 Å². The number of carbonyl (C=O) groups excluding carboxylic acids is 1. The summed E-state index contributed by atoms with van der Waals surface area (Å²) in [6, 6.07) is 9.78. The molecule has 2 heterocycles. The van der Waals surface area contributed by atoms with Crippen molar-refractivity contribution >= 4 is 22.8 Å². The average Bonchev–Trinajstić information content (AvgIpc) is 3.01. The molecule has 1 aromatic carbocycles. The fourth-order valence-electron chi connectivity index (χ4n) is 2.19. The van der Waals surface area contributed by atoms with Crippen LogP contribution in [0.2, 0.25) is 0 Å². The minimum atomic E-state index is -0.0457. The first-order chi connectivity index (χ1) is 10.3. The lowest BCUT2D eigenvalue weighted by atomic mass is 10.1. The zero-order valence-corrected chi connectivity index (χ0v) is 11.7. The molecule has 0 aliphatic carbocycles. The maximum Gasteiger partial charge on any atom is 0.189 e. The van der Waals surface area contributed by atoms with Crippen LogP contribution in [0.25, 0.3) is 17.0 Å². The molecule has 0 unspecified atom stereocenters. The topological polar surface area (TPSA) is 47.8 Å². The molecule has 0 spiro atoms. The molecular weight excluding hydrogens is 262 g/mol. The number of aryl methyl sites for hydroxylation is 1. The van der Waals surface area contributed by atoms with Crippen LogP contribution in [0.3, 0.4) is 0 Å². The SMILES string of the molecule is CCn1cc(C(=O)/C=C/c2ccnc3ccccc23)cn1. The summed E-state index contributed by atoms with van der Waals surface area (Å²) in [6.45, 7) is 2.74. The van der Waals surface area contributed by atoms with Crippen molar-refractivity contribution in [3.63, 3.8) is 0 Å². The molecule has 0 aliphatic heterocycles. The Balaban J connectivity index is 1.89. The lowest BCUT2D eigenvalue weighted by Gasteiger charge is -2.00. The van der Waals surface area contributed by atoms with Gasteiger partial charge in [-0.1, -0.05) is 24.3 Å². The Hall–Kier alpha value is -2.75. The van der Waals surface area contributed by atoms with E-state index in [1.54, 1.807) is 29.3 Å². The van der Waals surface area contributed by atoms with E-state index >= 15 is 0 Å². The van der Waals surface area contributed by atoms with Crippen molar-refractivity contribution in [1.82, 2.24) is 14.8 Å². The molecular formula is C17H15N3O. The summed E-state index contributed by atoms with van der Waals surface area (Å²) in [5.74, 6) is -0.0457. The van der Waals surface area contributed by atoms with Crippen molar-refractivity contribution in [3.05, 3.63) is 66.1 Å². The number of hydrogen-bond acceptors (Lipinski definition) is 3. The first kappa shape index (κ1) is 13.2. The number of para-hydroxylation sites is 1. The third-order valence-corrected chi connectivity index (χ3v) is 3.34. The average molecular weight is 277 g/mol. The molecule has 21 heavy (non-hydrogen) atoms. The molecule has 0 bridgehead atoms. The standard InChI is InChI=1S/C17H15N3O/c1-2-20-12-14(11-19-20)17(21)8-7-13-9-10-18-16-6-4-3-5-15(13)16/h3-12H,2H2,1H3/b8-7+. The highest BCUT2D eigenvalue weighted by Crippen LogP contribution is 2.17. The summed E-state index contributed by atoms with van der Waals surface area (Å²) < 4.78 is 1.74. The van der Waals surface area contributed by atoms with Crippen LogP contribution >= 0.6 is 0 Å². The van der Waals surface area contributed by atoms with Gasteiger partial charge in [-0.15, -0.1) is 0 Å². The molecule has 0 fully saturated rings. The number of nitrogens with zero attached hydrogens (tertiary/aromatic N) is 3. The summed E-state index contributed by atoms with van der Waals surface area (Å²) in [6.07, 6.45) is 8.52. The Morgan fingerprint density at radius 3 is 2.95 bits per heavy atom. The fourth-order valence-corrected chi connectivity index (χ4v) is 2.19. The lowest BCUT2D eigenvalue weighted by molar-refractivity contribution is 0.104. The van der Waals surface area contributed by atoms with Crippen molar-refractivity contribution in [3.8, 4) is 0 Å². The zero-order chi connectivity index (χ0) is 14.7. The smallest absolute Gasteiger partial charge is 0.189 e. The van der Waals surface area contributed by atoms with E-state index in [1.165, 1.54) is 0 Å². The van der Waals surface area contributed by atoms with Crippen LogP contribution < -0.4 is 0 Å². The fraction of sp³-hybridized carbons (Fsp3) is 0.118. The van der Waals surface area contributed by atoms with Crippen LogP contribution in [-0.2, 0) is 6.54 Å². The Morgan fingerprint density at radius 2 is 2.14 bits per heavy atom. The van der Waals surface area contributed by atoms with Crippen molar-refractivity contribution in [2.24, 2.45) is 0 Å². The largest absolute Gasteiger partial charge is 0.289 e. The highest BCUT2D eigenvalue weighted by Gasteiger charge is 2.05. The van der Waals surface area contributed by atoms with Gasteiger partial charge in [0, 0.05) is 24.3 Å². The predicted octanol–water partition coefficient (Wildman–Crippen LogP) is 3.35. The summed E-state index contributed by atoms with van der Waals surface area (Å²) in [5, 5.41) is 5.15. The van der Waals surface area contributed by atoms with Crippen molar-refractivity contribution < 1.29 is 4.79 Å². The molecule has 0 aliphatic rings. The van der Waals surface area contributed by atoms with Crippen molar-refractivity contribution in [2.45, 2.75) is 13.5 Å². The van der Waals surface area contributed by atoms with E-state index in [2.05, 4.69) is 10.1 Å². The minimum absolute atomic E-state index is 0.0457. The number of carbonyl (C=O) groups is 1. The molecule has 104 valence electrons. The van der Waals surface area contributed by atoms with Crippen molar-refractivity contribution in [1.29, 1.82) is 0 Å². The number of ketones is 1. The Morgan fingerprint density at radius 1 is 1.29 bits per heavy atom. The van der Waals surface area contributed by atoms with Gasteiger partial charge in [0.25, 0.3) is 0 Å². The predicted molar refractivity (Wildman–Crippen MR) is 83.0 cm³/mol. The number of allylic oxidation sites excluding steroid dienone is 1. The highest BCUT2D eigenvalue weighted by atomic mass is 16.1. The Bertz CT molecular complexity index is 812. The van der Waals surface area contributed by atoms with Gasteiger partial charge in [-0.3, -0.25) is 14.5 Å². The van der Waals surface area contributed by atoms with Gasteiger partial charge >= 0.3 is 0 Å².